The van der Waals surface area contributed by atoms with Crippen LogP contribution in [-0.4, -0.2) is 78.4 Å². The summed E-state index contributed by atoms with van der Waals surface area (Å²) in [5, 5.41) is 11.0. The van der Waals surface area contributed by atoms with E-state index >= 15 is 0 Å². The summed E-state index contributed by atoms with van der Waals surface area (Å²) in [5.74, 6) is 0.498. The van der Waals surface area contributed by atoms with Crippen molar-refractivity contribution in [2.24, 2.45) is 0 Å². The number of amides is 2. The van der Waals surface area contributed by atoms with Crippen LogP contribution in [0.2, 0.25) is 0 Å². The highest BCUT2D eigenvalue weighted by Gasteiger charge is 2.35. The third-order valence-corrected chi connectivity index (χ3v) is 10.2. The molecule has 2 atom stereocenters. The third-order valence-electron chi connectivity index (χ3n) is 10.2. The molecule has 0 saturated carbocycles. The van der Waals surface area contributed by atoms with Crippen LogP contribution < -0.4 is 10.6 Å². The van der Waals surface area contributed by atoms with Gasteiger partial charge in [0.05, 0.1) is 66.8 Å². The molecule has 0 radical (unpaired) electrons. The number of piperidine rings is 1. The molecule has 12 heteroatoms. The normalized spacial score (nSPS) is 18.0. The van der Waals surface area contributed by atoms with Crippen molar-refractivity contribution in [3.8, 4) is 11.3 Å². The average Bonchev–Trinajstić information content (AvgIpc) is 3.57. The second kappa shape index (κ2) is 15.4. The molecular formula is C39H46N10O2. The minimum Gasteiger partial charge on any atom is -0.378 e. The lowest BCUT2D eigenvalue weighted by Gasteiger charge is -2.42. The van der Waals surface area contributed by atoms with Crippen LogP contribution in [0.3, 0.4) is 0 Å². The van der Waals surface area contributed by atoms with E-state index in [-0.39, 0.29) is 24.2 Å². The van der Waals surface area contributed by atoms with Crippen molar-refractivity contribution in [2.75, 3.05) is 32.1 Å². The summed E-state index contributed by atoms with van der Waals surface area (Å²) in [6.07, 6.45) is 12.8. The van der Waals surface area contributed by atoms with E-state index in [0.717, 1.165) is 65.3 Å². The molecule has 264 valence electrons. The molecule has 0 unspecified atom stereocenters. The number of anilines is 2. The number of aryl methyl sites for hydroxylation is 3. The van der Waals surface area contributed by atoms with E-state index in [0.29, 0.717) is 32.1 Å². The molecule has 2 fully saturated rings. The summed E-state index contributed by atoms with van der Waals surface area (Å²) >= 11 is 0. The maximum Gasteiger partial charge on any atom is 0.317 e. The lowest BCUT2D eigenvalue weighted by molar-refractivity contribution is -0.00771. The molecule has 12 nitrogen and oxygen atoms in total. The summed E-state index contributed by atoms with van der Waals surface area (Å²) in [6, 6.07) is 16.8. The van der Waals surface area contributed by atoms with E-state index < -0.39 is 0 Å². The first-order chi connectivity index (χ1) is 24.9. The maximum atomic E-state index is 12.4. The van der Waals surface area contributed by atoms with Crippen molar-refractivity contribution < 1.29 is 9.53 Å². The topological polar surface area (TPSA) is 126 Å². The molecule has 6 heterocycles. The number of nitrogens with one attached hydrogen (secondary N) is 2. The minimum atomic E-state index is -0.0689. The van der Waals surface area contributed by atoms with Gasteiger partial charge in [-0.25, -0.2) is 14.8 Å². The number of pyridine rings is 2. The highest BCUT2D eigenvalue weighted by molar-refractivity contribution is 5.75. The first kappa shape index (κ1) is 34.3. The number of carbonyl (C=O) groups is 1. The zero-order chi connectivity index (χ0) is 35.3. The average molecular weight is 687 g/mol. The minimum absolute atomic E-state index is 0.0689. The second-order valence-corrected chi connectivity index (χ2v) is 13.6. The molecule has 4 aromatic heterocycles. The number of rotatable bonds is 11. The van der Waals surface area contributed by atoms with Crippen LogP contribution in [0.5, 0.6) is 0 Å². The Labute approximate surface area is 299 Å². The molecule has 0 bridgehead atoms. The number of aromatic nitrogens is 6. The monoisotopic (exact) mass is 686 g/mol. The Balaban J connectivity index is 1.01. The summed E-state index contributed by atoms with van der Waals surface area (Å²) in [7, 11) is 1.67. The van der Waals surface area contributed by atoms with Crippen molar-refractivity contribution in [2.45, 2.75) is 71.3 Å². The van der Waals surface area contributed by atoms with Gasteiger partial charge < -0.3 is 20.3 Å². The van der Waals surface area contributed by atoms with Gasteiger partial charge in [0, 0.05) is 50.6 Å². The number of urea groups is 1. The van der Waals surface area contributed by atoms with Gasteiger partial charge in [-0.1, -0.05) is 24.3 Å². The molecule has 0 aliphatic carbocycles. The van der Waals surface area contributed by atoms with E-state index in [4.69, 9.17) is 19.7 Å². The summed E-state index contributed by atoms with van der Waals surface area (Å²) in [4.78, 5) is 35.8. The lowest BCUT2D eigenvalue weighted by atomic mass is 9.89. The Morgan fingerprint density at radius 2 is 1.61 bits per heavy atom. The van der Waals surface area contributed by atoms with Gasteiger partial charge in [-0.3, -0.25) is 19.5 Å². The molecule has 2 saturated heterocycles. The molecule has 2 aliphatic heterocycles. The molecule has 5 aromatic rings. The van der Waals surface area contributed by atoms with Gasteiger partial charge >= 0.3 is 6.03 Å². The van der Waals surface area contributed by atoms with Crippen LogP contribution in [0.4, 0.5) is 16.4 Å². The van der Waals surface area contributed by atoms with Crippen molar-refractivity contribution >= 4 is 17.7 Å². The Kier molecular flexibility index (Phi) is 10.3. The van der Waals surface area contributed by atoms with Crippen molar-refractivity contribution in [1.82, 2.24) is 44.8 Å². The van der Waals surface area contributed by atoms with Gasteiger partial charge in [0.25, 0.3) is 0 Å². The lowest BCUT2D eigenvalue weighted by Crippen LogP contribution is -2.57. The van der Waals surface area contributed by atoms with Crippen molar-refractivity contribution in [3.63, 3.8) is 0 Å². The maximum absolute atomic E-state index is 12.4. The molecular weight excluding hydrogens is 640 g/mol. The molecule has 2 amide bonds. The van der Waals surface area contributed by atoms with Crippen molar-refractivity contribution in [1.29, 1.82) is 0 Å². The SMILES string of the molecule is COC1CN(C(=O)NCc2ccc(-c3ccnc(Nc4cnn(CCN5[C@@H](c6ncccc6C)CCC[C@H]5c5ncccc5C)c4)n3)cc2C)C1. The van der Waals surface area contributed by atoms with E-state index in [1.807, 2.05) is 66.7 Å². The highest BCUT2D eigenvalue weighted by Crippen LogP contribution is 2.42. The van der Waals surface area contributed by atoms with Gasteiger partial charge in [-0.15, -0.1) is 0 Å². The number of carbonyl (C=O) groups excluding carboxylic acids is 1. The smallest absolute Gasteiger partial charge is 0.317 e. The number of benzene rings is 1. The van der Waals surface area contributed by atoms with E-state index in [1.165, 1.54) is 11.1 Å². The molecule has 1 aromatic carbocycles. The standard InChI is InChI=1S/C39H46N10O2/c1-26-8-6-15-40-36(26)34-10-5-11-35(37-27(2)9-7-16-41-37)49(34)19-18-48-23-31(22-44-48)45-38-42-17-14-33(46-38)29-12-13-30(28(3)20-29)21-43-39(50)47-24-32(25-47)51-4/h6-9,12-17,20,22-23,32,34-35H,5,10-11,18-19,21,24-25H2,1-4H3,(H,43,50)(H,42,45,46)/t34-,35+. The van der Waals surface area contributed by atoms with Gasteiger partial charge in [-0.2, -0.15) is 5.10 Å². The van der Waals surface area contributed by atoms with Crippen LogP contribution in [-0.2, 0) is 17.8 Å². The molecule has 0 spiro atoms. The Morgan fingerprint density at radius 3 is 2.27 bits per heavy atom. The number of hydrogen-bond acceptors (Lipinski definition) is 9. The second-order valence-electron chi connectivity index (χ2n) is 13.6. The zero-order valence-electron chi connectivity index (χ0n) is 29.8. The first-order valence-electron chi connectivity index (χ1n) is 17.7. The third kappa shape index (κ3) is 7.77. The number of methoxy groups -OCH3 is 1. The molecule has 51 heavy (non-hydrogen) atoms. The summed E-state index contributed by atoms with van der Waals surface area (Å²) < 4.78 is 7.25. The van der Waals surface area contributed by atoms with Gasteiger partial charge in [0.2, 0.25) is 5.95 Å². The van der Waals surface area contributed by atoms with Crippen molar-refractivity contribution in [3.05, 3.63) is 113 Å². The van der Waals surface area contributed by atoms with Gasteiger partial charge in [0.1, 0.15) is 0 Å². The van der Waals surface area contributed by atoms with E-state index in [2.05, 4.69) is 57.7 Å². The van der Waals surface area contributed by atoms with Gasteiger partial charge in [0.15, 0.2) is 0 Å². The van der Waals surface area contributed by atoms with E-state index in [9.17, 15) is 4.79 Å². The summed E-state index contributed by atoms with van der Waals surface area (Å²) in [5.41, 5.74) is 9.48. The molecule has 2 N–H and O–H groups in total. The fourth-order valence-corrected chi connectivity index (χ4v) is 7.21. The molecule has 2 aliphatic rings. The Morgan fingerprint density at radius 1 is 0.882 bits per heavy atom. The van der Waals surface area contributed by atoms with E-state index in [1.54, 1.807) is 18.2 Å². The predicted molar refractivity (Wildman–Crippen MR) is 196 cm³/mol. The van der Waals surface area contributed by atoms with Crippen LogP contribution in [0.15, 0.2) is 79.5 Å². The number of nitrogens with zero attached hydrogens (tertiary/aromatic N) is 8. The van der Waals surface area contributed by atoms with Crippen LogP contribution >= 0.6 is 0 Å². The fourth-order valence-electron chi connectivity index (χ4n) is 7.21. The zero-order valence-corrected chi connectivity index (χ0v) is 29.8. The molecule has 7 rings (SSSR count). The van der Waals surface area contributed by atoms with Crippen LogP contribution in [0.25, 0.3) is 11.3 Å². The largest absolute Gasteiger partial charge is 0.378 e. The number of hydrogen-bond donors (Lipinski definition) is 2. The Hall–Kier alpha value is -5.20. The van der Waals surface area contributed by atoms with Crippen LogP contribution in [0.1, 0.15) is 65.0 Å². The summed E-state index contributed by atoms with van der Waals surface area (Å²) in [6.45, 7) is 9.60. The Bertz CT molecular complexity index is 1920. The predicted octanol–water partition coefficient (Wildman–Crippen LogP) is 6.31. The number of likely N-dealkylation sites (tertiary alicyclic amines) is 2. The highest BCUT2D eigenvalue weighted by atomic mass is 16.5. The number of ether oxygens (including phenoxy) is 1. The van der Waals surface area contributed by atoms with Gasteiger partial charge in [-0.05, 0) is 86.6 Å². The first-order valence-corrected chi connectivity index (χ1v) is 17.7. The fraction of sp³-hybridized carbons (Fsp3) is 0.385. The quantitative estimate of drug-likeness (QED) is 0.165. The van der Waals surface area contributed by atoms with Crippen LogP contribution in [0, 0.1) is 20.8 Å².